The smallest absolute Gasteiger partial charge is 0.232 e. The zero-order chi connectivity index (χ0) is 12.8. The first-order valence-corrected chi connectivity index (χ1v) is 8.59. The maximum absolute atomic E-state index is 5.59. The lowest BCUT2D eigenvalue weighted by molar-refractivity contribution is 0.330. The molecule has 0 spiro atoms. The molecule has 1 aromatic rings. The Morgan fingerprint density at radius 2 is 2.16 bits per heavy atom. The Kier molecular flexibility index (Phi) is 3.07. The van der Waals surface area contributed by atoms with Crippen molar-refractivity contribution in [3.05, 3.63) is 11.7 Å². The van der Waals surface area contributed by atoms with Gasteiger partial charge in [-0.1, -0.05) is 11.6 Å². The normalized spacial score (nSPS) is 41.2. The number of likely N-dealkylation sites (N-methyl/N-ethyl adjacent to an activating group) is 1. The lowest BCUT2D eigenvalue weighted by Gasteiger charge is -2.17. The van der Waals surface area contributed by atoms with Crippen LogP contribution in [0.4, 0.5) is 0 Å². The van der Waals surface area contributed by atoms with Crippen molar-refractivity contribution < 1.29 is 4.52 Å². The quantitative estimate of drug-likeness (QED) is 0.920. The monoisotopic (exact) mass is 279 g/mol. The van der Waals surface area contributed by atoms with Crippen molar-refractivity contribution in [2.45, 2.75) is 43.6 Å². The molecule has 2 bridgehead atoms. The molecule has 3 aliphatic rings. The van der Waals surface area contributed by atoms with E-state index in [-0.39, 0.29) is 0 Å². The number of fused-ring (bicyclic) bond motifs is 2. The van der Waals surface area contributed by atoms with Crippen molar-refractivity contribution in [1.82, 2.24) is 15.5 Å². The van der Waals surface area contributed by atoms with Crippen molar-refractivity contribution in [2.75, 3.05) is 18.6 Å². The van der Waals surface area contributed by atoms with E-state index in [0.717, 1.165) is 35.1 Å². The van der Waals surface area contributed by atoms with Crippen LogP contribution < -0.4 is 5.32 Å². The molecule has 104 valence electrons. The second-order valence-electron chi connectivity index (χ2n) is 6.31. The van der Waals surface area contributed by atoms with E-state index in [1.165, 1.54) is 25.7 Å². The predicted octanol–water partition coefficient (Wildman–Crippen LogP) is 2.39. The highest BCUT2D eigenvalue weighted by atomic mass is 32.2. The first-order valence-electron chi connectivity index (χ1n) is 7.43. The third-order valence-electron chi connectivity index (χ3n) is 5.30. The second-order valence-corrected chi connectivity index (χ2v) is 7.39. The summed E-state index contributed by atoms with van der Waals surface area (Å²) >= 11 is 1.97. The fourth-order valence-corrected chi connectivity index (χ4v) is 5.61. The molecule has 0 amide bonds. The molecule has 1 saturated heterocycles. The molecule has 0 radical (unpaired) electrons. The Hall–Kier alpha value is -0.550. The Balaban J connectivity index is 1.53. The van der Waals surface area contributed by atoms with Crippen LogP contribution in [0.15, 0.2) is 4.52 Å². The molecule has 5 unspecified atom stereocenters. The van der Waals surface area contributed by atoms with E-state index in [4.69, 9.17) is 9.51 Å². The maximum atomic E-state index is 5.59. The van der Waals surface area contributed by atoms with Gasteiger partial charge >= 0.3 is 0 Å². The van der Waals surface area contributed by atoms with E-state index in [1.807, 2.05) is 18.8 Å². The van der Waals surface area contributed by atoms with Crippen molar-refractivity contribution >= 4 is 11.8 Å². The maximum Gasteiger partial charge on any atom is 0.232 e. The largest absolute Gasteiger partial charge is 0.339 e. The molecule has 0 aromatic carbocycles. The van der Waals surface area contributed by atoms with Crippen LogP contribution in [0.1, 0.15) is 49.2 Å². The summed E-state index contributed by atoms with van der Waals surface area (Å²) in [6, 6.07) is 0.485. The number of hydrogen-bond donors (Lipinski definition) is 1. The topological polar surface area (TPSA) is 51.0 Å². The Bertz CT molecular complexity index is 443. The van der Waals surface area contributed by atoms with Crippen molar-refractivity contribution in [3.63, 3.8) is 0 Å². The number of nitrogens with one attached hydrogen (secondary N) is 1. The summed E-state index contributed by atoms with van der Waals surface area (Å²) in [5, 5.41) is 7.68. The summed E-state index contributed by atoms with van der Waals surface area (Å²) in [6.45, 7) is 0. The zero-order valence-electron chi connectivity index (χ0n) is 11.3. The van der Waals surface area contributed by atoms with E-state index < -0.39 is 0 Å². The van der Waals surface area contributed by atoms with Crippen LogP contribution in [-0.4, -0.2) is 34.7 Å². The minimum absolute atomic E-state index is 0.398. The summed E-state index contributed by atoms with van der Waals surface area (Å²) < 4.78 is 5.59. The fourth-order valence-electron chi connectivity index (χ4n) is 4.19. The molecular formula is C14H21N3OS. The van der Waals surface area contributed by atoms with Gasteiger partial charge in [0.25, 0.3) is 0 Å². The summed E-state index contributed by atoms with van der Waals surface area (Å²) in [7, 11) is 2.02. The summed E-state index contributed by atoms with van der Waals surface area (Å²) in [6.07, 6.45) is 5.48. The van der Waals surface area contributed by atoms with Gasteiger partial charge in [-0.15, -0.1) is 0 Å². The van der Waals surface area contributed by atoms with Crippen LogP contribution in [0.3, 0.4) is 0 Å². The van der Waals surface area contributed by atoms with E-state index in [2.05, 4.69) is 10.5 Å². The first kappa shape index (κ1) is 12.2. The Morgan fingerprint density at radius 1 is 1.21 bits per heavy atom. The van der Waals surface area contributed by atoms with E-state index in [0.29, 0.717) is 17.9 Å². The standard InChI is InChI=1S/C14H21N3OS/c1-15-12-7-19-6-11(12)14-16-13(17-18-14)10-5-8-2-3-9(10)4-8/h8-12,15H,2-7H2,1H3. The summed E-state index contributed by atoms with van der Waals surface area (Å²) in [4.78, 5) is 4.76. The van der Waals surface area contributed by atoms with Crippen molar-refractivity contribution in [3.8, 4) is 0 Å². The van der Waals surface area contributed by atoms with Crippen molar-refractivity contribution in [2.24, 2.45) is 11.8 Å². The highest BCUT2D eigenvalue weighted by Crippen LogP contribution is 2.52. The zero-order valence-corrected chi connectivity index (χ0v) is 12.2. The van der Waals surface area contributed by atoms with Gasteiger partial charge in [0.2, 0.25) is 5.89 Å². The van der Waals surface area contributed by atoms with Gasteiger partial charge in [-0.25, -0.2) is 0 Å². The minimum Gasteiger partial charge on any atom is -0.339 e. The van der Waals surface area contributed by atoms with Gasteiger partial charge in [-0.2, -0.15) is 16.7 Å². The molecule has 4 rings (SSSR count). The molecule has 4 nitrogen and oxygen atoms in total. The highest BCUT2D eigenvalue weighted by molar-refractivity contribution is 7.99. The van der Waals surface area contributed by atoms with Crippen LogP contribution in [0.25, 0.3) is 0 Å². The van der Waals surface area contributed by atoms with Gasteiger partial charge in [0.15, 0.2) is 5.82 Å². The summed E-state index contributed by atoms with van der Waals surface area (Å²) in [5.41, 5.74) is 0. The molecule has 3 fully saturated rings. The number of aromatic nitrogens is 2. The Labute approximate surface area is 118 Å². The highest BCUT2D eigenvalue weighted by Gasteiger charge is 2.43. The van der Waals surface area contributed by atoms with E-state index in [9.17, 15) is 0 Å². The van der Waals surface area contributed by atoms with Gasteiger partial charge in [0.1, 0.15) is 0 Å². The van der Waals surface area contributed by atoms with E-state index in [1.54, 1.807) is 0 Å². The lowest BCUT2D eigenvalue weighted by Crippen LogP contribution is -2.31. The van der Waals surface area contributed by atoms with Crippen molar-refractivity contribution in [1.29, 1.82) is 0 Å². The second kappa shape index (κ2) is 4.77. The summed E-state index contributed by atoms with van der Waals surface area (Å²) in [5.74, 6) is 6.85. The van der Waals surface area contributed by atoms with Crippen LogP contribution >= 0.6 is 11.8 Å². The third-order valence-corrected chi connectivity index (χ3v) is 6.49. The molecule has 5 heteroatoms. The molecule has 1 N–H and O–H groups in total. The van der Waals surface area contributed by atoms with Crippen LogP contribution in [0.2, 0.25) is 0 Å². The lowest BCUT2D eigenvalue weighted by atomic mass is 9.88. The molecule has 19 heavy (non-hydrogen) atoms. The van der Waals surface area contributed by atoms with Crippen LogP contribution in [0.5, 0.6) is 0 Å². The molecule has 1 aromatic heterocycles. The Morgan fingerprint density at radius 3 is 2.89 bits per heavy atom. The fraction of sp³-hybridized carbons (Fsp3) is 0.857. The molecule has 2 saturated carbocycles. The SMILES string of the molecule is CNC1CSCC1c1nc(C2CC3CCC2C3)no1. The number of thioether (sulfide) groups is 1. The van der Waals surface area contributed by atoms with Gasteiger partial charge in [-0.3, -0.25) is 0 Å². The van der Waals surface area contributed by atoms with Crippen LogP contribution in [0, 0.1) is 11.8 Å². The van der Waals surface area contributed by atoms with E-state index >= 15 is 0 Å². The minimum atomic E-state index is 0.398. The van der Waals surface area contributed by atoms with Gasteiger partial charge in [-0.05, 0) is 38.1 Å². The average molecular weight is 279 g/mol. The number of nitrogens with zero attached hydrogens (tertiary/aromatic N) is 2. The number of rotatable bonds is 3. The van der Waals surface area contributed by atoms with Crippen LogP contribution in [-0.2, 0) is 0 Å². The first-order chi connectivity index (χ1) is 9.35. The third kappa shape index (κ3) is 2.02. The van der Waals surface area contributed by atoms with Gasteiger partial charge in [0.05, 0.1) is 5.92 Å². The van der Waals surface area contributed by atoms with Gasteiger partial charge < -0.3 is 9.84 Å². The number of hydrogen-bond acceptors (Lipinski definition) is 5. The molecule has 1 aliphatic heterocycles. The molecule has 2 aliphatic carbocycles. The molecular weight excluding hydrogens is 258 g/mol. The van der Waals surface area contributed by atoms with Gasteiger partial charge in [0, 0.05) is 23.5 Å². The predicted molar refractivity (Wildman–Crippen MR) is 75.4 cm³/mol. The average Bonchev–Trinajstić information content (AvgIpc) is 3.19. The molecule has 5 atom stereocenters. The molecule has 2 heterocycles.